The van der Waals surface area contributed by atoms with E-state index in [-0.39, 0.29) is 18.5 Å². The molecule has 0 unspecified atom stereocenters. The third-order valence-electron chi connectivity index (χ3n) is 4.43. The van der Waals surface area contributed by atoms with Crippen molar-refractivity contribution in [3.8, 4) is 0 Å². The van der Waals surface area contributed by atoms with E-state index < -0.39 is 12.0 Å². The van der Waals surface area contributed by atoms with Gasteiger partial charge in [-0.05, 0) is 25.2 Å². The van der Waals surface area contributed by atoms with Crippen LogP contribution in [0, 0.1) is 5.92 Å². The Hall–Kier alpha value is -1.92. The smallest absolute Gasteiger partial charge is 0.326 e. The van der Waals surface area contributed by atoms with E-state index in [2.05, 4.69) is 10.3 Å². The number of hydrogen-bond acceptors (Lipinski definition) is 4. The van der Waals surface area contributed by atoms with Crippen LogP contribution in [0.2, 0.25) is 0 Å². The monoisotopic (exact) mass is 278 g/mol. The molecule has 1 aliphatic heterocycles. The van der Waals surface area contributed by atoms with Crippen LogP contribution in [0.4, 0.5) is 0 Å². The average molecular weight is 278 g/mol. The number of fused-ring (bicyclic) bond motifs is 1. The average Bonchev–Trinajstić information content (AvgIpc) is 3.04. The van der Waals surface area contributed by atoms with E-state index in [1.54, 1.807) is 11.1 Å². The van der Waals surface area contributed by atoms with Crippen LogP contribution in [0.5, 0.6) is 0 Å². The molecule has 1 saturated heterocycles. The highest BCUT2D eigenvalue weighted by Gasteiger charge is 2.47. The summed E-state index contributed by atoms with van der Waals surface area (Å²) in [6.45, 7) is 0.0625. The highest BCUT2D eigenvalue weighted by molar-refractivity contribution is 5.84. The summed E-state index contributed by atoms with van der Waals surface area (Å²) in [5.74, 6) is -0.729. The van der Waals surface area contributed by atoms with Gasteiger partial charge in [0.1, 0.15) is 12.6 Å². The fraction of sp³-hybridized carbons (Fsp3) is 0.692. The van der Waals surface area contributed by atoms with Gasteiger partial charge < -0.3 is 10.0 Å². The zero-order chi connectivity index (χ0) is 14.1. The molecule has 1 saturated carbocycles. The molecule has 0 radical (unpaired) electrons. The Kier molecular flexibility index (Phi) is 3.42. The molecule has 0 spiro atoms. The van der Waals surface area contributed by atoms with Crippen LogP contribution in [-0.4, -0.2) is 49.0 Å². The maximum absolute atomic E-state index is 12.5. The number of nitrogens with zero attached hydrogens (tertiary/aromatic N) is 4. The van der Waals surface area contributed by atoms with Crippen molar-refractivity contribution in [1.82, 2.24) is 19.9 Å². The van der Waals surface area contributed by atoms with E-state index in [0.717, 1.165) is 25.7 Å². The number of hydrogen-bond donors (Lipinski definition) is 1. The minimum Gasteiger partial charge on any atom is -0.480 e. The topological polar surface area (TPSA) is 88.3 Å². The first kappa shape index (κ1) is 13.1. The Balaban J connectivity index is 1.79. The van der Waals surface area contributed by atoms with Gasteiger partial charge >= 0.3 is 5.97 Å². The van der Waals surface area contributed by atoms with Gasteiger partial charge in [-0.25, -0.2) is 9.48 Å². The standard InChI is InChI=1S/C13H18N4O3/c18-12(8-16-6-5-14-15-16)17-10-4-2-1-3-9(10)7-11(17)13(19)20/h5-6,9-11H,1-4,7-8H2,(H,19,20)/t9-,10-,11-/m0/s1. The van der Waals surface area contributed by atoms with Crippen LogP contribution in [0.3, 0.4) is 0 Å². The van der Waals surface area contributed by atoms with Gasteiger partial charge in [-0.2, -0.15) is 0 Å². The molecule has 0 bridgehead atoms. The molecular formula is C13H18N4O3. The molecule has 2 aliphatic rings. The van der Waals surface area contributed by atoms with Gasteiger partial charge in [0, 0.05) is 12.2 Å². The zero-order valence-electron chi connectivity index (χ0n) is 11.2. The van der Waals surface area contributed by atoms with Crippen LogP contribution in [0.25, 0.3) is 0 Å². The molecule has 1 aliphatic carbocycles. The largest absolute Gasteiger partial charge is 0.480 e. The predicted molar refractivity (Wildman–Crippen MR) is 68.7 cm³/mol. The van der Waals surface area contributed by atoms with Crippen LogP contribution in [0.1, 0.15) is 32.1 Å². The second kappa shape index (κ2) is 5.22. The Morgan fingerprint density at radius 3 is 2.80 bits per heavy atom. The normalized spacial score (nSPS) is 29.2. The minimum absolute atomic E-state index is 0.0625. The molecule has 20 heavy (non-hydrogen) atoms. The number of likely N-dealkylation sites (tertiary alicyclic amines) is 1. The number of carboxylic acids is 1. The number of aliphatic carboxylic acids is 1. The lowest BCUT2D eigenvalue weighted by Gasteiger charge is -2.32. The van der Waals surface area contributed by atoms with Crippen LogP contribution >= 0.6 is 0 Å². The Morgan fingerprint density at radius 1 is 1.30 bits per heavy atom. The first-order valence-electron chi connectivity index (χ1n) is 7.05. The van der Waals surface area contributed by atoms with Gasteiger partial charge in [0.15, 0.2) is 0 Å². The van der Waals surface area contributed by atoms with Crippen molar-refractivity contribution in [2.75, 3.05) is 0 Å². The summed E-state index contributed by atoms with van der Waals surface area (Å²) in [7, 11) is 0. The summed E-state index contributed by atoms with van der Waals surface area (Å²) in [6, 6.07) is -0.597. The third-order valence-corrected chi connectivity index (χ3v) is 4.43. The second-order valence-corrected chi connectivity index (χ2v) is 5.60. The number of carbonyl (C=O) groups is 2. The summed E-state index contributed by atoms with van der Waals surface area (Å²) in [5, 5.41) is 16.8. The van der Waals surface area contributed by atoms with Crippen molar-refractivity contribution in [2.45, 2.75) is 50.7 Å². The maximum Gasteiger partial charge on any atom is 0.326 e. The highest BCUT2D eigenvalue weighted by atomic mass is 16.4. The van der Waals surface area contributed by atoms with E-state index in [0.29, 0.717) is 12.3 Å². The number of aromatic nitrogens is 3. The summed E-state index contributed by atoms with van der Waals surface area (Å²) < 4.78 is 1.44. The Bertz CT molecular complexity index is 502. The number of carbonyl (C=O) groups excluding carboxylic acids is 1. The van der Waals surface area contributed by atoms with Gasteiger partial charge in [0.2, 0.25) is 5.91 Å². The maximum atomic E-state index is 12.5. The lowest BCUT2D eigenvalue weighted by molar-refractivity contribution is -0.150. The van der Waals surface area contributed by atoms with E-state index >= 15 is 0 Å². The first-order valence-corrected chi connectivity index (χ1v) is 7.05. The van der Waals surface area contributed by atoms with Gasteiger partial charge in [0.25, 0.3) is 0 Å². The van der Waals surface area contributed by atoms with Gasteiger partial charge in [-0.15, -0.1) is 5.10 Å². The van der Waals surface area contributed by atoms with Crippen molar-refractivity contribution in [1.29, 1.82) is 0 Å². The SMILES string of the molecule is O=C(O)[C@@H]1C[C@@H]2CCCC[C@@H]2N1C(=O)Cn1ccnn1. The summed E-state index contributed by atoms with van der Waals surface area (Å²) >= 11 is 0. The summed E-state index contributed by atoms with van der Waals surface area (Å²) in [6.07, 6.45) is 7.86. The number of carboxylic acid groups (broad SMARTS) is 1. The third kappa shape index (κ3) is 2.28. The first-order chi connectivity index (χ1) is 9.66. The lowest BCUT2D eigenvalue weighted by atomic mass is 9.85. The second-order valence-electron chi connectivity index (χ2n) is 5.60. The Labute approximate surface area is 116 Å². The van der Waals surface area contributed by atoms with Gasteiger partial charge in [0.05, 0.1) is 6.20 Å². The van der Waals surface area contributed by atoms with Crippen LogP contribution in [-0.2, 0) is 16.1 Å². The molecule has 2 fully saturated rings. The molecule has 0 aromatic carbocycles. The van der Waals surface area contributed by atoms with Crippen molar-refractivity contribution in [3.63, 3.8) is 0 Å². The van der Waals surface area contributed by atoms with Crippen molar-refractivity contribution < 1.29 is 14.7 Å². The molecule has 1 amide bonds. The molecule has 3 atom stereocenters. The van der Waals surface area contributed by atoms with E-state index in [1.807, 2.05) is 0 Å². The molecule has 1 aromatic rings. The fourth-order valence-corrected chi connectivity index (χ4v) is 3.58. The van der Waals surface area contributed by atoms with E-state index in [4.69, 9.17) is 0 Å². The predicted octanol–water partition coefficient (Wildman–Crippen LogP) is 0.522. The summed E-state index contributed by atoms with van der Waals surface area (Å²) in [5.41, 5.74) is 0. The van der Waals surface area contributed by atoms with E-state index in [1.165, 1.54) is 10.9 Å². The van der Waals surface area contributed by atoms with Crippen LogP contribution in [0.15, 0.2) is 12.4 Å². The quantitative estimate of drug-likeness (QED) is 0.871. The molecule has 108 valence electrons. The molecule has 7 heteroatoms. The fourth-order valence-electron chi connectivity index (χ4n) is 3.58. The number of amides is 1. The van der Waals surface area contributed by atoms with Gasteiger partial charge in [-0.1, -0.05) is 18.1 Å². The zero-order valence-corrected chi connectivity index (χ0v) is 11.2. The molecule has 1 aromatic heterocycles. The van der Waals surface area contributed by atoms with Crippen molar-refractivity contribution in [2.24, 2.45) is 5.92 Å². The highest BCUT2D eigenvalue weighted by Crippen LogP contribution is 2.39. The molecule has 1 N–H and O–H groups in total. The lowest BCUT2D eigenvalue weighted by Crippen LogP contribution is -2.47. The minimum atomic E-state index is -0.897. The molecule has 2 heterocycles. The van der Waals surface area contributed by atoms with Gasteiger partial charge in [-0.3, -0.25) is 4.79 Å². The van der Waals surface area contributed by atoms with Crippen LogP contribution < -0.4 is 0 Å². The van der Waals surface area contributed by atoms with Crippen molar-refractivity contribution >= 4 is 11.9 Å². The number of rotatable bonds is 3. The Morgan fingerprint density at radius 2 is 2.10 bits per heavy atom. The molecule has 7 nitrogen and oxygen atoms in total. The molecule has 3 rings (SSSR count). The van der Waals surface area contributed by atoms with Crippen molar-refractivity contribution in [3.05, 3.63) is 12.4 Å². The summed E-state index contributed by atoms with van der Waals surface area (Å²) in [4.78, 5) is 25.5. The van der Waals surface area contributed by atoms with E-state index in [9.17, 15) is 14.7 Å². The molecular weight excluding hydrogens is 260 g/mol.